The van der Waals surface area contributed by atoms with Crippen LogP contribution in [-0.2, 0) is 4.79 Å². The summed E-state index contributed by atoms with van der Waals surface area (Å²) in [6, 6.07) is 7.17. The lowest BCUT2D eigenvalue weighted by molar-refractivity contribution is -0.143. The van der Waals surface area contributed by atoms with Crippen molar-refractivity contribution in [1.82, 2.24) is 4.90 Å². The SMILES string of the molecule is CCCCN(C)C(C(=O)O)c1ccc(C)cc1. The average Bonchev–Trinajstić information content (AvgIpc) is 2.29. The molecule has 0 saturated heterocycles. The van der Waals surface area contributed by atoms with Crippen LogP contribution < -0.4 is 0 Å². The predicted octanol–water partition coefficient (Wildman–Crippen LogP) is 2.85. The van der Waals surface area contributed by atoms with Gasteiger partial charge in [0.25, 0.3) is 0 Å². The van der Waals surface area contributed by atoms with Crippen LogP contribution in [0.4, 0.5) is 0 Å². The van der Waals surface area contributed by atoms with Crippen molar-refractivity contribution in [3.05, 3.63) is 35.4 Å². The summed E-state index contributed by atoms with van der Waals surface area (Å²) in [7, 11) is 1.87. The van der Waals surface area contributed by atoms with Gasteiger partial charge in [-0.1, -0.05) is 43.2 Å². The number of carboxylic acid groups (broad SMARTS) is 1. The van der Waals surface area contributed by atoms with Crippen molar-refractivity contribution in [2.75, 3.05) is 13.6 Å². The molecule has 1 aromatic carbocycles. The number of benzene rings is 1. The summed E-state index contributed by atoms with van der Waals surface area (Å²) in [5.41, 5.74) is 2.00. The Morgan fingerprint density at radius 3 is 2.41 bits per heavy atom. The summed E-state index contributed by atoms with van der Waals surface area (Å²) in [5.74, 6) is -0.785. The normalized spacial score (nSPS) is 12.7. The minimum absolute atomic E-state index is 0.540. The minimum atomic E-state index is -0.785. The fourth-order valence-corrected chi connectivity index (χ4v) is 1.87. The topological polar surface area (TPSA) is 40.5 Å². The molecule has 1 unspecified atom stereocenters. The molecule has 0 radical (unpaired) electrons. The first-order valence-electron chi connectivity index (χ1n) is 6.06. The monoisotopic (exact) mass is 235 g/mol. The Bertz CT molecular complexity index is 359. The Kier molecular flexibility index (Phi) is 5.16. The van der Waals surface area contributed by atoms with Gasteiger partial charge < -0.3 is 5.11 Å². The van der Waals surface area contributed by atoms with Gasteiger partial charge in [-0.3, -0.25) is 9.69 Å². The summed E-state index contributed by atoms with van der Waals surface area (Å²) in [4.78, 5) is 13.2. The molecular formula is C14H21NO2. The molecule has 0 fully saturated rings. The van der Waals surface area contributed by atoms with E-state index in [1.54, 1.807) is 0 Å². The summed E-state index contributed by atoms with van der Waals surface area (Å²) in [6.45, 7) is 4.91. The third kappa shape index (κ3) is 3.86. The lowest BCUT2D eigenvalue weighted by Crippen LogP contribution is -2.31. The number of hydrogen-bond donors (Lipinski definition) is 1. The van der Waals surface area contributed by atoms with Gasteiger partial charge in [0.15, 0.2) is 0 Å². The molecule has 94 valence electrons. The molecule has 1 rings (SSSR count). The van der Waals surface area contributed by atoms with Crippen molar-refractivity contribution in [2.45, 2.75) is 32.7 Å². The van der Waals surface area contributed by atoms with E-state index in [0.29, 0.717) is 0 Å². The zero-order chi connectivity index (χ0) is 12.8. The number of aliphatic carboxylic acids is 1. The van der Waals surface area contributed by atoms with Gasteiger partial charge in [0.2, 0.25) is 0 Å². The van der Waals surface area contributed by atoms with E-state index in [-0.39, 0.29) is 0 Å². The standard InChI is InChI=1S/C14H21NO2/c1-4-5-10-15(3)13(14(16)17)12-8-6-11(2)7-9-12/h6-9,13H,4-5,10H2,1-3H3,(H,16,17). The van der Waals surface area contributed by atoms with Crippen molar-refractivity contribution in [2.24, 2.45) is 0 Å². The molecule has 17 heavy (non-hydrogen) atoms. The fourth-order valence-electron chi connectivity index (χ4n) is 1.87. The van der Waals surface area contributed by atoms with E-state index in [4.69, 9.17) is 0 Å². The van der Waals surface area contributed by atoms with Crippen LogP contribution in [0.3, 0.4) is 0 Å². The van der Waals surface area contributed by atoms with Crippen molar-refractivity contribution in [1.29, 1.82) is 0 Å². The molecule has 0 aliphatic rings. The molecule has 0 heterocycles. The van der Waals surface area contributed by atoms with E-state index in [9.17, 15) is 9.90 Å². The van der Waals surface area contributed by atoms with Crippen LogP contribution in [0.2, 0.25) is 0 Å². The van der Waals surface area contributed by atoms with Gasteiger partial charge in [-0.2, -0.15) is 0 Å². The third-order valence-corrected chi connectivity index (χ3v) is 2.93. The van der Waals surface area contributed by atoms with Crippen LogP contribution >= 0.6 is 0 Å². The lowest BCUT2D eigenvalue weighted by atomic mass is 10.0. The minimum Gasteiger partial charge on any atom is -0.480 e. The van der Waals surface area contributed by atoms with Gasteiger partial charge in [-0.15, -0.1) is 0 Å². The molecular weight excluding hydrogens is 214 g/mol. The van der Waals surface area contributed by atoms with Gasteiger partial charge in [0.1, 0.15) is 6.04 Å². The molecule has 0 aliphatic carbocycles. The highest BCUT2D eigenvalue weighted by Crippen LogP contribution is 2.20. The molecule has 0 spiro atoms. The lowest BCUT2D eigenvalue weighted by Gasteiger charge is -2.24. The van der Waals surface area contributed by atoms with Crippen LogP contribution in [0, 0.1) is 6.92 Å². The van der Waals surface area contributed by atoms with Crippen LogP contribution in [0.15, 0.2) is 24.3 Å². The smallest absolute Gasteiger partial charge is 0.325 e. The van der Waals surface area contributed by atoms with E-state index in [0.717, 1.165) is 30.5 Å². The van der Waals surface area contributed by atoms with E-state index < -0.39 is 12.0 Å². The zero-order valence-corrected chi connectivity index (χ0v) is 10.8. The van der Waals surface area contributed by atoms with Gasteiger partial charge >= 0.3 is 5.97 Å². The zero-order valence-electron chi connectivity index (χ0n) is 10.8. The number of nitrogens with zero attached hydrogens (tertiary/aromatic N) is 1. The van der Waals surface area contributed by atoms with Gasteiger partial charge in [0.05, 0.1) is 0 Å². The van der Waals surface area contributed by atoms with Crippen LogP contribution in [0.1, 0.15) is 36.9 Å². The third-order valence-electron chi connectivity index (χ3n) is 2.93. The summed E-state index contributed by atoms with van der Waals surface area (Å²) in [6.07, 6.45) is 2.09. The molecule has 1 atom stereocenters. The molecule has 3 heteroatoms. The summed E-state index contributed by atoms with van der Waals surface area (Å²) < 4.78 is 0. The highest BCUT2D eigenvalue weighted by atomic mass is 16.4. The molecule has 0 amide bonds. The molecule has 1 N–H and O–H groups in total. The quantitative estimate of drug-likeness (QED) is 0.824. The molecule has 0 aliphatic heterocycles. The van der Waals surface area contributed by atoms with Gasteiger partial charge in [-0.05, 0) is 32.5 Å². The van der Waals surface area contributed by atoms with E-state index in [2.05, 4.69) is 6.92 Å². The Hall–Kier alpha value is -1.35. The molecule has 0 bridgehead atoms. The number of rotatable bonds is 6. The van der Waals surface area contributed by atoms with E-state index in [1.165, 1.54) is 0 Å². The number of unbranched alkanes of at least 4 members (excludes halogenated alkanes) is 1. The van der Waals surface area contributed by atoms with Gasteiger partial charge in [0, 0.05) is 0 Å². The maximum absolute atomic E-state index is 11.3. The Morgan fingerprint density at radius 2 is 1.94 bits per heavy atom. The Balaban J connectivity index is 2.85. The largest absolute Gasteiger partial charge is 0.480 e. The molecule has 3 nitrogen and oxygen atoms in total. The number of likely N-dealkylation sites (N-methyl/N-ethyl adjacent to an activating group) is 1. The first-order valence-corrected chi connectivity index (χ1v) is 6.06. The van der Waals surface area contributed by atoms with Crippen molar-refractivity contribution >= 4 is 5.97 Å². The predicted molar refractivity (Wildman–Crippen MR) is 69.1 cm³/mol. The Labute approximate surface area is 103 Å². The van der Waals surface area contributed by atoms with Crippen molar-refractivity contribution < 1.29 is 9.90 Å². The highest BCUT2D eigenvalue weighted by molar-refractivity contribution is 5.75. The summed E-state index contributed by atoms with van der Waals surface area (Å²) in [5, 5.41) is 9.32. The van der Waals surface area contributed by atoms with Gasteiger partial charge in [-0.25, -0.2) is 0 Å². The second kappa shape index (κ2) is 6.40. The maximum atomic E-state index is 11.3. The van der Waals surface area contributed by atoms with Crippen molar-refractivity contribution in [3.8, 4) is 0 Å². The second-order valence-electron chi connectivity index (χ2n) is 4.49. The van der Waals surface area contributed by atoms with Crippen LogP contribution in [0.25, 0.3) is 0 Å². The molecule has 0 saturated carbocycles. The first kappa shape index (κ1) is 13.7. The van der Waals surface area contributed by atoms with E-state index in [1.807, 2.05) is 43.1 Å². The molecule has 0 aromatic heterocycles. The second-order valence-corrected chi connectivity index (χ2v) is 4.49. The molecule has 1 aromatic rings. The summed E-state index contributed by atoms with van der Waals surface area (Å²) >= 11 is 0. The number of hydrogen-bond acceptors (Lipinski definition) is 2. The Morgan fingerprint density at radius 1 is 1.35 bits per heavy atom. The average molecular weight is 235 g/mol. The maximum Gasteiger partial charge on any atom is 0.325 e. The van der Waals surface area contributed by atoms with Crippen molar-refractivity contribution in [3.63, 3.8) is 0 Å². The number of aryl methyl sites for hydroxylation is 1. The van der Waals surface area contributed by atoms with E-state index >= 15 is 0 Å². The first-order chi connectivity index (χ1) is 8.06. The van der Waals surface area contributed by atoms with Crippen LogP contribution in [-0.4, -0.2) is 29.6 Å². The highest BCUT2D eigenvalue weighted by Gasteiger charge is 2.23. The number of carbonyl (C=O) groups is 1. The number of carboxylic acids is 1. The fraction of sp³-hybridized carbons (Fsp3) is 0.500. The van der Waals surface area contributed by atoms with Crippen LogP contribution in [0.5, 0.6) is 0 Å².